The molecule has 2 aromatic carbocycles. The van der Waals surface area contributed by atoms with Gasteiger partial charge in [-0.05, 0) is 76.9 Å². The van der Waals surface area contributed by atoms with Crippen molar-refractivity contribution in [2.75, 3.05) is 7.11 Å². The molecule has 0 fully saturated rings. The second-order valence-electron chi connectivity index (χ2n) is 10.8. The van der Waals surface area contributed by atoms with Gasteiger partial charge in [0.2, 0.25) is 0 Å². The molecule has 192 valence electrons. The molecule has 1 amide bonds. The summed E-state index contributed by atoms with van der Waals surface area (Å²) in [5, 5.41) is 0. The number of carbonyl (C=O) groups is 3. The van der Waals surface area contributed by atoms with Gasteiger partial charge in [0, 0.05) is 17.7 Å². The number of amides is 1. The summed E-state index contributed by atoms with van der Waals surface area (Å²) in [5.74, 6) is -1.41. The molecule has 7 heteroatoms. The SMILES string of the molecule is COc1ccc(C2=CN(C(=O)c3ccccc3)[C@H](C(=O)OC(C)(C)C)[C@H]2CC(=O)OC(C)(C)C)cc1. The quantitative estimate of drug-likeness (QED) is 0.511. The van der Waals surface area contributed by atoms with Gasteiger partial charge in [0.1, 0.15) is 23.0 Å². The number of hydrogen-bond acceptors (Lipinski definition) is 6. The molecule has 0 aromatic heterocycles. The summed E-state index contributed by atoms with van der Waals surface area (Å²) >= 11 is 0. The maximum Gasteiger partial charge on any atom is 0.330 e. The van der Waals surface area contributed by atoms with Crippen molar-refractivity contribution >= 4 is 23.4 Å². The molecule has 0 saturated heterocycles. The van der Waals surface area contributed by atoms with Gasteiger partial charge in [0.25, 0.3) is 5.91 Å². The molecular formula is C29H35NO6. The highest BCUT2D eigenvalue weighted by molar-refractivity contribution is 6.01. The van der Waals surface area contributed by atoms with Crippen molar-refractivity contribution in [3.05, 3.63) is 71.9 Å². The van der Waals surface area contributed by atoms with Crippen molar-refractivity contribution in [2.45, 2.75) is 65.2 Å². The van der Waals surface area contributed by atoms with E-state index in [1.807, 2.05) is 18.2 Å². The fourth-order valence-corrected chi connectivity index (χ4v) is 4.10. The highest BCUT2D eigenvalue weighted by Crippen LogP contribution is 2.40. The van der Waals surface area contributed by atoms with Crippen LogP contribution in [0, 0.1) is 5.92 Å². The monoisotopic (exact) mass is 493 g/mol. The van der Waals surface area contributed by atoms with Crippen LogP contribution in [0.4, 0.5) is 0 Å². The minimum Gasteiger partial charge on any atom is -0.497 e. The third kappa shape index (κ3) is 6.74. The summed E-state index contributed by atoms with van der Waals surface area (Å²) < 4.78 is 16.6. The van der Waals surface area contributed by atoms with E-state index in [9.17, 15) is 14.4 Å². The lowest BCUT2D eigenvalue weighted by molar-refractivity contribution is -0.162. The molecule has 1 aliphatic heterocycles. The summed E-state index contributed by atoms with van der Waals surface area (Å²) in [6, 6.07) is 15.0. The van der Waals surface area contributed by atoms with Crippen LogP contribution in [0.2, 0.25) is 0 Å². The number of carbonyl (C=O) groups excluding carboxylic acids is 3. The van der Waals surface area contributed by atoms with Gasteiger partial charge in [-0.3, -0.25) is 14.5 Å². The zero-order chi connectivity index (χ0) is 26.7. The van der Waals surface area contributed by atoms with Crippen molar-refractivity contribution in [1.29, 1.82) is 0 Å². The topological polar surface area (TPSA) is 82.1 Å². The van der Waals surface area contributed by atoms with Crippen LogP contribution < -0.4 is 4.74 Å². The number of nitrogens with zero attached hydrogens (tertiary/aromatic N) is 1. The van der Waals surface area contributed by atoms with E-state index >= 15 is 0 Å². The molecule has 0 saturated carbocycles. The van der Waals surface area contributed by atoms with Crippen LogP contribution in [-0.4, -0.2) is 47.1 Å². The van der Waals surface area contributed by atoms with Crippen molar-refractivity contribution in [3.63, 3.8) is 0 Å². The van der Waals surface area contributed by atoms with Crippen molar-refractivity contribution in [1.82, 2.24) is 4.90 Å². The Morgan fingerprint density at radius 2 is 1.42 bits per heavy atom. The Balaban J connectivity index is 2.10. The summed E-state index contributed by atoms with van der Waals surface area (Å²) in [4.78, 5) is 41.5. The van der Waals surface area contributed by atoms with Gasteiger partial charge in [0.15, 0.2) is 0 Å². The van der Waals surface area contributed by atoms with E-state index in [2.05, 4.69) is 0 Å². The normalized spacial score (nSPS) is 17.9. The number of ether oxygens (including phenoxy) is 3. The Labute approximate surface area is 213 Å². The predicted molar refractivity (Wildman–Crippen MR) is 137 cm³/mol. The molecule has 2 aromatic rings. The van der Waals surface area contributed by atoms with Crippen molar-refractivity contribution in [3.8, 4) is 5.75 Å². The third-order valence-electron chi connectivity index (χ3n) is 5.49. The highest BCUT2D eigenvalue weighted by Gasteiger charge is 2.46. The molecule has 0 unspecified atom stereocenters. The van der Waals surface area contributed by atoms with E-state index in [4.69, 9.17) is 14.2 Å². The zero-order valence-corrected chi connectivity index (χ0v) is 22.0. The van der Waals surface area contributed by atoms with E-state index < -0.39 is 35.1 Å². The lowest BCUT2D eigenvalue weighted by atomic mass is 9.87. The first-order chi connectivity index (χ1) is 16.8. The van der Waals surface area contributed by atoms with Gasteiger partial charge in [-0.15, -0.1) is 0 Å². The Bertz CT molecular complexity index is 1120. The third-order valence-corrected chi connectivity index (χ3v) is 5.49. The molecule has 0 radical (unpaired) electrons. The number of rotatable bonds is 6. The Kier molecular flexibility index (Phi) is 7.92. The second kappa shape index (κ2) is 10.6. The maximum absolute atomic E-state index is 13.6. The molecule has 0 aliphatic carbocycles. The lowest BCUT2D eigenvalue weighted by Crippen LogP contribution is -2.46. The molecule has 7 nitrogen and oxygen atoms in total. The van der Waals surface area contributed by atoms with Gasteiger partial charge >= 0.3 is 11.9 Å². The van der Waals surface area contributed by atoms with E-state index in [-0.39, 0.29) is 12.3 Å². The number of benzene rings is 2. The first kappa shape index (κ1) is 27.0. The average Bonchev–Trinajstić information content (AvgIpc) is 3.15. The number of hydrogen-bond donors (Lipinski definition) is 0. The van der Waals surface area contributed by atoms with E-state index in [1.54, 1.807) is 91.3 Å². The minimum atomic E-state index is -1.04. The van der Waals surface area contributed by atoms with Crippen LogP contribution in [0.15, 0.2) is 60.8 Å². The first-order valence-corrected chi connectivity index (χ1v) is 12.0. The van der Waals surface area contributed by atoms with E-state index in [1.165, 1.54) is 4.90 Å². The highest BCUT2D eigenvalue weighted by atomic mass is 16.6. The van der Waals surface area contributed by atoms with Crippen LogP contribution in [0.5, 0.6) is 5.75 Å². The van der Waals surface area contributed by atoms with Crippen LogP contribution in [0.3, 0.4) is 0 Å². The molecule has 1 heterocycles. The lowest BCUT2D eigenvalue weighted by Gasteiger charge is -2.31. The first-order valence-electron chi connectivity index (χ1n) is 12.0. The molecule has 2 atom stereocenters. The van der Waals surface area contributed by atoms with Crippen molar-refractivity contribution < 1.29 is 28.6 Å². The molecular weight excluding hydrogens is 458 g/mol. The van der Waals surface area contributed by atoms with E-state index in [0.29, 0.717) is 16.9 Å². The summed E-state index contributed by atoms with van der Waals surface area (Å²) in [6.45, 7) is 10.7. The molecule has 1 aliphatic rings. The minimum absolute atomic E-state index is 0.0996. The summed E-state index contributed by atoms with van der Waals surface area (Å²) in [7, 11) is 1.58. The van der Waals surface area contributed by atoms with Gasteiger partial charge in [-0.2, -0.15) is 0 Å². The fraction of sp³-hybridized carbons (Fsp3) is 0.414. The molecule has 36 heavy (non-hydrogen) atoms. The fourth-order valence-electron chi connectivity index (χ4n) is 4.10. The Hall–Kier alpha value is -3.61. The van der Waals surface area contributed by atoms with Gasteiger partial charge in [0.05, 0.1) is 13.5 Å². The Morgan fingerprint density at radius 3 is 1.94 bits per heavy atom. The molecule has 0 bridgehead atoms. The summed E-state index contributed by atoms with van der Waals surface area (Å²) in [5.41, 5.74) is 0.387. The van der Waals surface area contributed by atoms with Crippen LogP contribution in [-0.2, 0) is 19.1 Å². The van der Waals surface area contributed by atoms with Gasteiger partial charge in [-0.25, -0.2) is 4.79 Å². The number of methoxy groups -OCH3 is 1. The van der Waals surface area contributed by atoms with E-state index in [0.717, 1.165) is 5.56 Å². The molecule has 0 spiro atoms. The Morgan fingerprint density at radius 1 is 0.833 bits per heavy atom. The maximum atomic E-state index is 13.6. The van der Waals surface area contributed by atoms with Crippen molar-refractivity contribution in [2.24, 2.45) is 5.92 Å². The smallest absolute Gasteiger partial charge is 0.330 e. The largest absolute Gasteiger partial charge is 0.497 e. The van der Waals surface area contributed by atoms with Crippen LogP contribution >= 0.6 is 0 Å². The predicted octanol–water partition coefficient (Wildman–Crippen LogP) is 5.25. The zero-order valence-electron chi connectivity index (χ0n) is 22.0. The molecule has 0 N–H and O–H groups in total. The number of esters is 2. The van der Waals surface area contributed by atoms with Crippen LogP contribution in [0.25, 0.3) is 5.57 Å². The second-order valence-corrected chi connectivity index (χ2v) is 10.8. The summed E-state index contributed by atoms with van der Waals surface area (Å²) in [6.07, 6.45) is 1.55. The molecule has 3 rings (SSSR count). The van der Waals surface area contributed by atoms with Gasteiger partial charge < -0.3 is 14.2 Å². The standard InChI is InChI=1S/C29H35NO6/c1-28(2,3)35-24(31)17-22-23(19-13-15-21(34-7)16-14-19)18-30(25(22)27(33)36-29(4,5)6)26(32)20-11-9-8-10-12-20/h8-16,18,22,25H,17H2,1-7H3/t22-,25-/m0/s1. The van der Waals surface area contributed by atoms with Crippen LogP contribution in [0.1, 0.15) is 63.9 Å². The average molecular weight is 494 g/mol. The van der Waals surface area contributed by atoms with Gasteiger partial charge in [-0.1, -0.05) is 30.3 Å².